The zero-order chi connectivity index (χ0) is 29.8. The monoisotopic (exact) mass is 583 g/mol. The molecule has 1 atom stereocenters. The molecule has 0 spiro atoms. The Kier molecular flexibility index (Phi) is 9.69. The number of carbonyl (C=O) groups is 2. The molecular weight excluding hydrogens is 546 g/mol. The summed E-state index contributed by atoms with van der Waals surface area (Å²) < 4.78 is 29.1. The summed E-state index contributed by atoms with van der Waals surface area (Å²) in [6.07, 6.45) is 0. The zero-order valence-electron chi connectivity index (χ0n) is 24.2. The number of carbonyl (C=O) groups excluding carboxylic acids is 2. The van der Waals surface area contributed by atoms with Crippen molar-refractivity contribution in [2.75, 3.05) is 10.8 Å². The molecular formula is C31H38ClN3O4S. The van der Waals surface area contributed by atoms with E-state index in [-0.39, 0.29) is 17.3 Å². The Morgan fingerprint density at radius 3 is 2.15 bits per heavy atom. The molecule has 3 aromatic carbocycles. The molecule has 0 fully saturated rings. The molecule has 1 N–H and O–H groups in total. The number of sulfonamides is 1. The van der Waals surface area contributed by atoms with Crippen molar-refractivity contribution in [3.63, 3.8) is 0 Å². The van der Waals surface area contributed by atoms with E-state index in [0.29, 0.717) is 16.3 Å². The highest BCUT2D eigenvalue weighted by molar-refractivity contribution is 7.92. The average Bonchev–Trinajstić information content (AvgIpc) is 2.87. The van der Waals surface area contributed by atoms with Crippen LogP contribution in [0.5, 0.6) is 0 Å². The summed E-state index contributed by atoms with van der Waals surface area (Å²) in [5.41, 5.74) is 3.14. The number of nitrogens with one attached hydrogen (secondary N) is 1. The zero-order valence-corrected chi connectivity index (χ0v) is 25.7. The molecule has 0 unspecified atom stereocenters. The average molecular weight is 584 g/mol. The first-order valence-electron chi connectivity index (χ1n) is 13.1. The van der Waals surface area contributed by atoms with Gasteiger partial charge < -0.3 is 10.2 Å². The molecule has 0 aromatic heterocycles. The lowest BCUT2D eigenvalue weighted by molar-refractivity contribution is -0.140. The number of aryl methyl sites for hydroxylation is 3. The van der Waals surface area contributed by atoms with Crippen molar-refractivity contribution >= 4 is 39.1 Å². The summed E-state index contributed by atoms with van der Waals surface area (Å²) in [7, 11) is -4.17. The van der Waals surface area contributed by atoms with Gasteiger partial charge in [0.15, 0.2) is 0 Å². The molecule has 0 aliphatic carbocycles. The van der Waals surface area contributed by atoms with Crippen LogP contribution in [0.25, 0.3) is 0 Å². The van der Waals surface area contributed by atoms with Crippen molar-refractivity contribution in [1.29, 1.82) is 0 Å². The number of rotatable bonds is 9. The largest absolute Gasteiger partial charge is 0.350 e. The van der Waals surface area contributed by atoms with Gasteiger partial charge in [-0.1, -0.05) is 59.6 Å². The molecule has 9 heteroatoms. The van der Waals surface area contributed by atoms with Gasteiger partial charge in [0.25, 0.3) is 10.0 Å². The predicted octanol–water partition coefficient (Wildman–Crippen LogP) is 5.79. The Hall–Kier alpha value is -3.36. The van der Waals surface area contributed by atoms with Crippen LogP contribution < -0.4 is 9.62 Å². The Labute approximate surface area is 243 Å². The summed E-state index contributed by atoms with van der Waals surface area (Å²) >= 11 is 6.29. The number of benzene rings is 3. The summed E-state index contributed by atoms with van der Waals surface area (Å²) in [5.74, 6) is -0.851. The molecule has 3 rings (SSSR count). The van der Waals surface area contributed by atoms with E-state index in [1.165, 1.54) is 23.1 Å². The third-order valence-corrected chi connectivity index (χ3v) is 8.60. The van der Waals surface area contributed by atoms with Crippen molar-refractivity contribution in [3.05, 3.63) is 94.0 Å². The minimum atomic E-state index is -4.17. The van der Waals surface area contributed by atoms with Gasteiger partial charge in [-0.25, -0.2) is 8.42 Å². The number of halogens is 1. The Morgan fingerprint density at radius 1 is 0.925 bits per heavy atom. The van der Waals surface area contributed by atoms with Crippen LogP contribution in [0.4, 0.5) is 5.69 Å². The first-order chi connectivity index (χ1) is 18.6. The number of hydrogen-bond acceptors (Lipinski definition) is 4. The van der Waals surface area contributed by atoms with Crippen LogP contribution >= 0.6 is 11.6 Å². The van der Waals surface area contributed by atoms with Gasteiger partial charge >= 0.3 is 0 Å². The quantitative estimate of drug-likeness (QED) is 0.345. The molecule has 214 valence electrons. The van der Waals surface area contributed by atoms with E-state index in [1.54, 1.807) is 38.1 Å². The SMILES string of the molecule is Cc1ccc(S(=O)(=O)N(CC(=O)N(Cc2ccccc2C)[C@H](C)C(=O)NC(C)(C)C)c2cc(Cl)ccc2C)cc1. The summed E-state index contributed by atoms with van der Waals surface area (Å²) in [6.45, 7) is 12.4. The van der Waals surface area contributed by atoms with Crippen LogP contribution in [0.1, 0.15) is 49.9 Å². The molecule has 2 amide bonds. The molecule has 0 saturated carbocycles. The van der Waals surface area contributed by atoms with Crippen LogP contribution in [-0.4, -0.2) is 43.3 Å². The number of anilines is 1. The highest BCUT2D eigenvalue weighted by atomic mass is 35.5. The highest BCUT2D eigenvalue weighted by Gasteiger charge is 2.34. The van der Waals surface area contributed by atoms with E-state index in [0.717, 1.165) is 21.0 Å². The van der Waals surface area contributed by atoms with E-state index < -0.39 is 34.1 Å². The maximum Gasteiger partial charge on any atom is 0.264 e. The summed E-state index contributed by atoms with van der Waals surface area (Å²) in [5, 5.41) is 3.28. The van der Waals surface area contributed by atoms with E-state index in [4.69, 9.17) is 11.6 Å². The fourth-order valence-electron chi connectivity index (χ4n) is 4.23. The molecule has 0 aliphatic heterocycles. The third-order valence-electron chi connectivity index (χ3n) is 6.60. The van der Waals surface area contributed by atoms with E-state index in [2.05, 4.69) is 5.32 Å². The van der Waals surface area contributed by atoms with Crippen LogP contribution in [0, 0.1) is 20.8 Å². The molecule has 0 bridgehead atoms. The van der Waals surface area contributed by atoms with Gasteiger partial charge in [0.05, 0.1) is 10.6 Å². The maximum atomic E-state index is 14.1. The van der Waals surface area contributed by atoms with E-state index in [1.807, 2.05) is 58.9 Å². The lowest BCUT2D eigenvalue weighted by atomic mass is 10.1. The molecule has 0 aliphatic rings. The minimum absolute atomic E-state index is 0.0502. The minimum Gasteiger partial charge on any atom is -0.350 e. The first kappa shape index (κ1) is 31.2. The second-order valence-electron chi connectivity index (χ2n) is 11.1. The molecule has 7 nitrogen and oxygen atoms in total. The standard InChI is InChI=1S/C31H38ClN3O4S/c1-21-12-16-27(17-13-21)40(38,39)35(28-18-26(32)15-14-23(28)3)20-29(36)34(19-25-11-9-8-10-22(25)2)24(4)30(37)33-31(5,6)7/h8-18,24H,19-20H2,1-7H3,(H,33,37)/t24-/m1/s1. The van der Waals surface area contributed by atoms with Gasteiger partial charge in [-0.05, 0) is 89.4 Å². The first-order valence-corrected chi connectivity index (χ1v) is 14.9. The third kappa shape index (κ3) is 7.64. The van der Waals surface area contributed by atoms with Crippen LogP contribution in [0.2, 0.25) is 5.02 Å². The predicted molar refractivity (Wildman–Crippen MR) is 161 cm³/mol. The number of nitrogens with zero attached hydrogens (tertiary/aromatic N) is 2. The van der Waals surface area contributed by atoms with Crippen LogP contribution in [-0.2, 0) is 26.2 Å². The molecule has 40 heavy (non-hydrogen) atoms. The normalized spacial score (nSPS) is 12.5. The maximum absolute atomic E-state index is 14.1. The van der Waals surface area contributed by atoms with Gasteiger partial charge in [-0.2, -0.15) is 0 Å². The lowest BCUT2D eigenvalue weighted by Crippen LogP contribution is -2.54. The van der Waals surface area contributed by atoms with Crippen molar-refractivity contribution in [2.24, 2.45) is 0 Å². The smallest absolute Gasteiger partial charge is 0.264 e. The number of amides is 2. The van der Waals surface area contributed by atoms with Crippen LogP contribution in [0.3, 0.4) is 0 Å². The summed E-state index contributed by atoms with van der Waals surface area (Å²) in [4.78, 5) is 28.8. The lowest BCUT2D eigenvalue weighted by Gasteiger charge is -2.34. The van der Waals surface area contributed by atoms with E-state index in [9.17, 15) is 18.0 Å². The Bertz CT molecular complexity index is 1480. The van der Waals surface area contributed by atoms with Crippen molar-refractivity contribution in [2.45, 2.75) is 71.5 Å². The second-order valence-corrected chi connectivity index (χ2v) is 13.4. The topological polar surface area (TPSA) is 86.8 Å². The summed E-state index contributed by atoms with van der Waals surface area (Å²) in [6, 6.07) is 18.1. The second kappa shape index (κ2) is 12.4. The van der Waals surface area contributed by atoms with Gasteiger partial charge in [-0.15, -0.1) is 0 Å². The van der Waals surface area contributed by atoms with Crippen molar-refractivity contribution < 1.29 is 18.0 Å². The Morgan fingerprint density at radius 2 is 1.55 bits per heavy atom. The van der Waals surface area contributed by atoms with Crippen molar-refractivity contribution in [3.8, 4) is 0 Å². The molecule has 0 heterocycles. The van der Waals surface area contributed by atoms with Gasteiger partial charge in [-0.3, -0.25) is 13.9 Å². The van der Waals surface area contributed by atoms with Gasteiger partial charge in [0.1, 0.15) is 12.6 Å². The number of hydrogen-bond donors (Lipinski definition) is 1. The Balaban J connectivity index is 2.09. The molecule has 3 aromatic rings. The van der Waals surface area contributed by atoms with E-state index >= 15 is 0 Å². The van der Waals surface area contributed by atoms with Crippen molar-refractivity contribution in [1.82, 2.24) is 10.2 Å². The van der Waals surface area contributed by atoms with Gasteiger partial charge in [0.2, 0.25) is 11.8 Å². The van der Waals surface area contributed by atoms with Gasteiger partial charge in [0, 0.05) is 17.1 Å². The fraction of sp³-hybridized carbons (Fsp3) is 0.355. The van der Waals surface area contributed by atoms with Crippen LogP contribution in [0.15, 0.2) is 71.6 Å². The molecule has 0 saturated heterocycles. The fourth-order valence-corrected chi connectivity index (χ4v) is 5.87. The molecule has 0 radical (unpaired) electrons. The highest BCUT2D eigenvalue weighted by Crippen LogP contribution is 2.30.